The predicted octanol–water partition coefficient (Wildman–Crippen LogP) is 1.32. The number of urea groups is 1. The molecule has 1 fully saturated rings. The zero-order valence-corrected chi connectivity index (χ0v) is 12.7. The Labute approximate surface area is 132 Å². The number of hydrogen-bond acceptors (Lipinski definition) is 4. The van der Waals surface area contributed by atoms with E-state index in [1.54, 1.807) is 6.20 Å². The maximum atomic E-state index is 12.1. The third-order valence-corrected chi connectivity index (χ3v) is 3.62. The van der Waals surface area contributed by atoms with E-state index in [1.165, 1.54) is 0 Å². The van der Waals surface area contributed by atoms with Crippen molar-refractivity contribution in [3.8, 4) is 0 Å². The number of hydrogen-bond donors (Lipinski definition) is 2. The lowest BCUT2D eigenvalue weighted by atomic mass is 10.2. The molecule has 7 heteroatoms. The van der Waals surface area contributed by atoms with Gasteiger partial charge in [0.05, 0.1) is 5.56 Å². The SMILES string of the molecule is Cn1cc(C(=O)OCC(=O)NC(=O)NC2CC2)c2ccccc21. The molecule has 0 radical (unpaired) electrons. The van der Waals surface area contributed by atoms with Gasteiger partial charge in [-0.25, -0.2) is 9.59 Å². The average molecular weight is 315 g/mol. The van der Waals surface area contributed by atoms with Crippen LogP contribution in [0.1, 0.15) is 23.2 Å². The van der Waals surface area contributed by atoms with Crippen molar-refractivity contribution in [2.45, 2.75) is 18.9 Å². The summed E-state index contributed by atoms with van der Waals surface area (Å²) in [5, 5.41) is 5.50. The van der Waals surface area contributed by atoms with E-state index in [1.807, 2.05) is 35.9 Å². The number of rotatable bonds is 4. The van der Waals surface area contributed by atoms with Crippen molar-refractivity contribution in [3.63, 3.8) is 0 Å². The Bertz CT molecular complexity index is 777. The summed E-state index contributed by atoms with van der Waals surface area (Å²) in [4.78, 5) is 35.1. The van der Waals surface area contributed by atoms with Gasteiger partial charge in [0, 0.05) is 30.2 Å². The summed E-state index contributed by atoms with van der Waals surface area (Å²) < 4.78 is 6.80. The summed E-state index contributed by atoms with van der Waals surface area (Å²) in [6.07, 6.45) is 3.51. The normalized spacial score (nSPS) is 13.6. The van der Waals surface area contributed by atoms with Gasteiger partial charge >= 0.3 is 12.0 Å². The van der Waals surface area contributed by atoms with E-state index >= 15 is 0 Å². The lowest BCUT2D eigenvalue weighted by Gasteiger charge is -2.06. The van der Waals surface area contributed by atoms with Gasteiger partial charge in [-0.3, -0.25) is 10.1 Å². The molecule has 1 aromatic carbocycles. The van der Waals surface area contributed by atoms with E-state index < -0.39 is 24.5 Å². The monoisotopic (exact) mass is 315 g/mol. The van der Waals surface area contributed by atoms with E-state index in [-0.39, 0.29) is 6.04 Å². The molecule has 0 atom stereocenters. The van der Waals surface area contributed by atoms with Gasteiger partial charge in [0.2, 0.25) is 0 Å². The van der Waals surface area contributed by atoms with Crippen molar-refractivity contribution in [2.24, 2.45) is 7.05 Å². The molecule has 3 amide bonds. The van der Waals surface area contributed by atoms with Gasteiger partial charge in [0.1, 0.15) is 0 Å². The number of aromatic nitrogens is 1. The van der Waals surface area contributed by atoms with Crippen LogP contribution in [0.25, 0.3) is 10.9 Å². The second kappa shape index (κ2) is 6.12. The first-order valence-electron chi connectivity index (χ1n) is 7.36. The molecule has 1 aromatic heterocycles. The fourth-order valence-corrected chi connectivity index (χ4v) is 2.33. The summed E-state index contributed by atoms with van der Waals surface area (Å²) in [6.45, 7) is -0.500. The Kier molecular flexibility index (Phi) is 4.01. The van der Waals surface area contributed by atoms with E-state index in [2.05, 4.69) is 10.6 Å². The minimum atomic E-state index is -0.656. The highest BCUT2D eigenvalue weighted by molar-refractivity contribution is 6.05. The number of fused-ring (bicyclic) bond motifs is 1. The van der Waals surface area contributed by atoms with Gasteiger partial charge < -0.3 is 14.6 Å². The quantitative estimate of drug-likeness (QED) is 0.833. The molecule has 2 aromatic rings. The van der Waals surface area contributed by atoms with Crippen molar-refractivity contribution in [1.29, 1.82) is 0 Å². The molecule has 0 bridgehead atoms. The fourth-order valence-electron chi connectivity index (χ4n) is 2.33. The number of benzene rings is 1. The number of imide groups is 1. The van der Waals surface area contributed by atoms with Crippen LogP contribution in [0, 0.1) is 0 Å². The molecule has 0 aliphatic heterocycles. The van der Waals surface area contributed by atoms with Gasteiger partial charge in [-0.1, -0.05) is 18.2 Å². The molecular formula is C16H17N3O4. The van der Waals surface area contributed by atoms with Crippen molar-refractivity contribution < 1.29 is 19.1 Å². The van der Waals surface area contributed by atoms with Crippen LogP contribution in [-0.2, 0) is 16.6 Å². The molecule has 0 saturated heterocycles. The number of amides is 3. The molecule has 0 unspecified atom stereocenters. The predicted molar refractivity (Wildman–Crippen MR) is 82.9 cm³/mol. The highest BCUT2D eigenvalue weighted by Gasteiger charge is 2.24. The zero-order chi connectivity index (χ0) is 16.4. The third-order valence-electron chi connectivity index (χ3n) is 3.62. The van der Waals surface area contributed by atoms with Gasteiger partial charge in [-0.15, -0.1) is 0 Å². The first kappa shape index (κ1) is 15.1. The zero-order valence-electron chi connectivity index (χ0n) is 12.7. The second-order valence-electron chi connectivity index (χ2n) is 5.54. The van der Waals surface area contributed by atoms with Crippen molar-refractivity contribution >= 4 is 28.8 Å². The number of nitrogens with zero attached hydrogens (tertiary/aromatic N) is 1. The van der Waals surface area contributed by atoms with Gasteiger partial charge in [0.25, 0.3) is 5.91 Å². The lowest BCUT2D eigenvalue weighted by molar-refractivity contribution is -0.123. The average Bonchev–Trinajstić information content (AvgIpc) is 3.27. The summed E-state index contributed by atoms with van der Waals surface area (Å²) in [7, 11) is 1.83. The Morgan fingerprint density at radius 3 is 2.74 bits per heavy atom. The van der Waals surface area contributed by atoms with Crippen LogP contribution in [0.15, 0.2) is 30.5 Å². The Hall–Kier alpha value is -2.83. The number of carbonyl (C=O) groups excluding carboxylic acids is 3. The number of esters is 1. The van der Waals surface area contributed by atoms with Crippen LogP contribution in [0.5, 0.6) is 0 Å². The minimum absolute atomic E-state index is 0.154. The van der Waals surface area contributed by atoms with Crippen molar-refractivity contribution in [2.75, 3.05) is 6.61 Å². The summed E-state index contributed by atoms with van der Waals surface area (Å²) >= 11 is 0. The standard InChI is InChI=1S/C16H17N3O4/c1-19-8-12(11-4-2-3-5-13(11)19)15(21)23-9-14(20)18-16(22)17-10-6-7-10/h2-5,8,10H,6-7,9H2,1H3,(H2,17,18,20,22). The van der Waals surface area contributed by atoms with Gasteiger partial charge in [-0.2, -0.15) is 0 Å². The van der Waals surface area contributed by atoms with E-state index in [4.69, 9.17) is 4.74 Å². The van der Waals surface area contributed by atoms with Crippen LogP contribution < -0.4 is 10.6 Å². The largest absolute Gasteiger partial charge is 0.452 e. The Balaban J connectivity index is 1.57. The molecule has 2 N–H and O–H groups in total. The number of para-hydroxylation sites is 1. The van der Waals surface area contributed by atoms with E-state index in [0.717, 1.165) is 23.7 Å². The molecule has 120 valence electrons. The minimum Gasteiger partial charge on any atom is -0.452 e. The molecule has 1 saturated carbocycles. The number of carbonyl (C=O) groups is 3. The fraction of sp³-hybridized carbons (Fsp3) is 0.312. The highest BCUT2D eigenvalue weighted by atomic mass is 16.5. The summed E-state index contributed by atoms with van der Waals surface area (Å²) in [5.41, 5.74) is 1.28. The van der Waals surface area contributed by atoms with Crippen LogP contribution in [0.2, 0.25) is 0 Å². The molecule has 1 aliphatic carbocycles. The number of ether oxygens (including phenoxy) is 1. The third kappa shape index (κ3) is 3.50. The van der Waals surface area contributed by atoms with Crippen LogP contribution in [-0.4, -0.2) is 35.1 Å². The highest BCUT2D eigenvalue weighted by Crippen LogP contribution is 2.21. The Morgan fingerprint density at radius 2 is 2.00 bits per heavy atom. The smallest absolute Gasteiger partial charge is 0.340 e. The molecule has 1 heterocycles. The summed E-state index contributed by atoms with van der Waals surface area (Å²) in [5.74, 6) is -1.25. The molecule has 7 nitrogen and oxygen atoms in total. The van der Waals surface area contributed by atoms with Crippen LogP contribution >= 0.6 is 0 Å². The second-order valence-corrected chi connectivity index (χ2v) is 5.54. The van der Waals surface area contributed by atoms with Crippen molar-refractivity contribution in [1.82, 2.24) is 15.2 Å². The number of nitrogens with one attached hydrogen (secondary N) is 2. The maximum absolute atomic E-state index is 12.1. The molecular weight excluding hydrogens is 298 g/mol. The van der Waals surface area contributed by atoms with Crippen LogP contribution in [0.3, 0.4) is 0 Å². The number of aryl methyl sites for hydroxylation is 1. The molecule has 23 heavy (non-hydrogen) atoms. The molecule has 3 rings (SSSR count). The maximum Gasteiger partial charge on any atom is 0.340 e. The first-order chi connectivity index (χ1) is 11.0. The van der Waals surface area contributed by atoms with Crippen molar-refractivity contribution in [3.05, 3.63) is 36.0 Å². The van der Waals surface area contributed by atoms with Crippen LogP contribution in [0.4, 0.5) is 4.79 Å². The molecule has 1 aliphatic rings. The first-order valence-corrected chi connectivity index (χ1v) is 7.36. The lowest BCUT2D eigenvalue weighted by Crippen LogP contribution is -2.42. The van der Waals surface area contributed by atoms with Gasteiger partial charge in [0.15, 0.2) is 6.61 Å². The Morgan fingerprint density at radius 1 is 1.26 bits per heavy atom. The van der Waals surface area contributed by atoms with Gasteiger partial charge in [-0.05, 0) is 18.9 Å². The summed E-state index contributed by atoms with van der Waals surface area (Å²) in [6, 6.07) is 7.01. The topological polar surface area (TPSA) is 89.4 Å². The molecule has 0 spiro atoms. The van der Waals surface area contributed by atoms with E-state index in [9.17, 15) is 14.4 Å². The van der Waals surface area contributed by atoms with E-state index in [0.29, 0.717) is 5.56 Å².